The van der Waals surface area contributed by atoms with Crippen LogP contribution in [0.15, 0.2) is 60.2 Å². The zero-order chi connectivity index (χ0) is 32.8. The molecule has 1 aliphatic heterocycles. The van der Waals surface area contributed by atoms with Crippen LogP contribution in [0.25, 0.3) is 0 Å². The van der Waals surface area contributed by atoms with E-state index in [1.165, 1.54) is 37.3 Å². The van der Waals surface area contributed by atoms with Crippen molar-refractivity contribution in [3.63, 3.8) is 0 Å². The molecular formula is C35H37F2NO7S. The number of Topliss-reactive ketones (excluding diaryl/α,β-unsaturated/α-hetero) is 1. The fourth-order valence-electron chi connectivity index (χ4n) is 9.47. The molecule has 1 aromatic heterocycles. The van der Waals surface area contributed by atoms with E-state index in [4.69, 9.17) is 9.47 Å². The summed E-state index contributed by atoms with van der Waals surface area (Å²) in [4.78, 5) is 39.1. The maximum Gasteiger partial charge on any atom is 0.221 e. The number of aliphatic hydroxyl groups is 2. The minimum Gasteiger partial charge on any atom is -0.390 e. The van der Waals surface area contributed by atoms with Crippen LogP contribution in [0, 0.1) is 22.7 Å². The summed E-state index contributed by atoms with van der Waals surface area (Å²) in [6, 6.07) is 11.3. The molecule has 1 amide bonds. The number of benzene rings is 1. The van der Waals surface area contributed by atoms with Crippen molar-refractivity contribution < 1.29 is 42.9 Å². The average Bonchev–Trinajstić information content (AvgIpc) is 3.68. The van der Waals surface area contributed by atoms with Gasteiger partial charge in [0.05, 0.1) is 17.1 Å². The maximum absolute atomic E-state index is 17.6. The zero-order valence-corrected chi connectivity index (χ0v) is 26.6. The van der Waals surface area contributed by atoms with Gasteiger partial charge in [0.2, 0.25) is 5.91 Å². The molecule has 4 fully saturated rings. The van der Waals surface area contributed by atoms with Crippen molar-refractivity contribution in [2.45, 2.75) is 82.4 Å². The number of allylic oxidation sites excluding steroid dienone is 4. The number of carbonyl (C=O) groups is 3. The number of rotatable bonds is 6. The van der Waals surface area contributed by atoms with E-state index in [1.807, 2.05) is 36.4 Å². The summed E-state index contributed by atoms with van der Waals surface area (Å²) in [5.41, 5.74) is -5.00. The highest BCUT2D eigenvalue weighted by atomic mass is 32.1. The predicted octanol–water partition coefficient (Wildman–Crippen LogP) is 4.94. The van der Waals surface area contributed by atoms with E-state index >= 15 is 8.78 Å². The van der Waals surface area contributed by atoms with E-state index in [1.54, 1.807) is 6.92 Å². The highest BCUT2D eigenvalue weighted by Gasteiger charge is 2.80. The SMILES string of the molecule is CC(=O)Nc1cccc(Cc2ccc([C@@H]3O[C@@H]4C[C@H]5[C@@H]6C[C@H](F)C7=CC(=O)C=C[C@]7(C)[C@@]6(F)[C@@H](O)C[C@]5(C)[C@]4(C(=O)CO)O3)s2)c1. The Morgan fingerprint density at radius 2 is 1.93 bits per heavy atom. The van der Waals surface area contributed by atoms with Gasteiger partial charge in [0.1, 0.15) is 12.8 Å². The van der Waals surface area contributed by atoms with Crippen LogP contribution in [-0.2, 0) is 30.3 Å². The molecule has 0 bridgehead atoms. The fourth-order valence-corrected chi connectivity index (χ4v) is 10.5. The van der Waals surface area contributed by atoms with E-state index in [0.29, 0.717) is 17.0 Å². The first-order valence-corrected chi connectivity index (χ1v) is 16.5. The minimum absolute atomic E-state index is 0.0312. The second kappa shape index (κ2) is 10.7. The molecular weight excluding hydrogens is 616 g/mol. The van der Waals surface area contributed by atoms with Crippen LogP contribution in [0.4, 0.5) is 14.5 Å². The molecule has 10 atom stereocenters. The van der Waals surface area contributed by atoms with Crippen molar-refractivity contribution >= 4 is 34.5 Å². The molecule has 3 saturated carbocycles. The van der Waals surface area contributed by atoms with Crippen molar-refractivity contribution in [2.24, 2.45) is 22.7 Å². The summed E-state index contributed by atoms with van der Waals surface area (Å²) in [7, 11) is 0. The van der Waals surface area contributed by atoms with Crippen LogP contribution in [-0.4, -0.2) is 63.9 Å². The van der Waals surface area contributed by atoms with Gasteiger partial charge < -0.3 is 25.0 Å². The first-order valence-electron chi connectivity index (χ1n) is 15.7. The molecule has 2 heterocycles. The lowest BCUT2D eigenvalue weighted by atomic mass is 9.44. The van der Waals surface area contributed by atoms with E-state index in [0.717, 1.165) is 16.5 Å². The number of anilines is 1. The number of halogens is 2. The highest BCUT2D eigenvalue weighted by molar-refractivity contribution is 7.12. The first kappa shape index (κ1) is 31.5. The van der Waals surface area contributed by atoms with Crippen LogP contribution in [0.1, 0.15) is 61.6 Å². The molecule has 0 spiro atoms. The van der Waals surface area contributed by atoms with E-state index in [2.05, 4.69) is 5.32 Å². The van der Waals surface area contributed by atoms with Gasteiger partial charge in [-0.15, -0.1) is 11.3 Å². The Morgan fingerprint density at radius 1 is 1.15 bits per heavy atom. The smallest absolute Gasteiger partial charge is 0.221 e. The normalized spacial score (nSPS) is 40.8. The Morgan fingerprint density at radius 3 is 2.67 bits per heavy atom. The Labute approximate surface area is 269 Å². The Balaban J connectivity index is 1.19. The molecule has 0 unspecified atom stereocenters. The molecule has 7 rings (SSSR count). The van der Waals surface area contributed by atoms with Gasteiger partial charge in [-0.1, -0.05) is 25.1 Å². The van der Waals surface area contributed by atoms with Crippen LogP contribution in [0.2, 0.25) is 0 Å². The summed E-state index contributed by atoms with van der Waals surface area (Å²) in [5, 5.41) is 24.7. The van der Waals surface area contributed by atoms with Crippen LogP contribution in [0.5, 0.6) is 0 Å². The number of hydrogen-bond acceptors (Lipinski definition) is 8. The predicted molar refractivity (Wildman–Crippen MR) is 165 cm³/mol. The van der Waals surface area contributed by atoms with Crippen LogP contribution >= 0.6 is 11.3 Å². The Hall–Kier alpha value is -3.09. The Bertz CT molecular complexity index is 1690. The topological polar surface area (TPSA) is 122 Å². The number of ether oxygens (including phenoxy) is 2. The molecule has 1 saturated heterocycles. The minimum atomic E-state index is -2.30. The van der Waals surface area contributed by atoms with Gasteiger partial charge in [0.25, 0.3) is 0 Å². The lowest BCUT2D eigenvalue weighted by Crippen LogP contribution is -2.70. The Kier molecular flexibility index (Phi) is 7.34. The second-order valence-electron chi connectivity index (χ2n) is 13.8. The quantitative estimate of drug-likeness (QED) is 0.404. The van der Waals surface area contributed by atoms with Gasteiger partial charge >= 0.3 is 0 Å². The van der Waals surface area contributed by atoms with Gasteiger partial charge in [-0.2, -0.15) is 0 Å². The number of ketones is 2. The molecule has 3 N–H and O–H groups in total. The molecule has 11 heteroatoms. The monoisotopic (exact) mass is 653 g/mol. The summed E-state index contributed by atoms with van der Waals surface area (Å²) in [5.74, 6) is -2.80. The highest BCUT2D eigenvalue weighted by Crippen LogP contribution is 2.72. The van der Waals surface area contributed by atoms with E-state index in [-0.39, 0.29) is 30.7 Å². The van der Waals surface area contributed by atoms with Gasteiger partial charge in [0.15, 0.2) is 29.1 Å². The molecule has 46 heavy (non-hydrogen) atoms. The van der Waals surface area contributed by atoms with Crippen molar-refractivity contribution in [3.8, 4) is 0 Å². The standard InChI is InChI=1S/C35H37F2NO7S/c1-18(40)38-20-6-4-5-19(11-20)12-22-7-8-27(46-22)31-44-30-15-23-24-14-26(36)25-13-21(41)9-10-32(25,2)34(24,37)28(42)16-33(23,3)35(30,45-31)29(43)17-39/h4-11,13,23-24,26,28,30-31,39,42H,12,14-17H2,1-3H3,(H,38,40)/t23-,24-,26-,28-,30+,31+,32-,33-,34-,35+/m0/s1. The van der Waals surface area contributed by atoms with Crippen molar-refractivity contribution in [3.05, 3.63) is 75.5 Å². The molecule has 244 valence electrons. The lowest BCUT2D eigenvalue weighted by molar-refractivity contribution is -0.234. The molecule has 5 aliphatic rings. The largest absolute Gasteiger partial charge is 0.390 e. The summed E-state index contributed by atoms with van der Waals surface area (Å²) in [6.45, 7) is 3.91. The summed E-state index contributed by atoms with van der Waals surface area (Å²) < 4.78 is 46.4. The van der Waals surface area contributed by atoms with Gasteiger partial charge in [-0.05, 0) is 79.7 Å². The average molecular weight is 654 g/mol. The zero-order valence-electron chi connectivity index (χ0n) is 25.8. The first-order chi connectivity index (χ1) is 21.8. The van der Waals surface area contributed by atoms with Crippen LogP contribution < -0.4 is 5.32 Å². The van der Waals surface area contributed by atoms with Crippen LogP contribution in [0.3, 0.4) is 0 Å². The third-order valence-corrected chi connectivity index (χ3v) is 12.6. The molecule has 1 aromatic carbocycles. The third-order valence-electron chi connectivity index (χ3n) is 11.5. The maximum atomic E-state index is 17.6. The third kappa shape index (κ3) is 4.24. The lowest BCUT2D eigenvalue weighted by Gasteiger charge is -2.63. The number of carbonyl (C=O) groups excluding carboxylic acids is 3. The molecule has 2 aromatic rings. The number of aliphatic hydroxyl groups excluding tert-OH is 2. The van der Waals surface area contributed by atoms with E-state index in [9.17, 15) is 24.6 Å². The number of fused-ring (bicyclic) bond motifs is 7. The number of hydrogen-bond donors (Lipinski definition) is 3. The second-order valence-corrected chi connectivity index (χ2v) is 15.0. The van der Waals surface area contributed by atoms with Gasteiger partial charge in [-0.3, -0.25) is 14.4 Å². The number of thiophene rings is 1. The van der Waals surface area contributed by atoms with Gasteiger partial charge in [-0.25, -0.2) is 8.78 Å². The molecule has 4 aliphatic carbocycles. The number of alkyl halides is 2. The number of amides is 1. The molecule has 0 radical (unpaired) electrons. The summed E-state index contributed by atoms with van der Waals surface area (Å²) >= 11 is 1.45. The number of nitrogens with one attached hydrogen (secondary N) is 1. The van der Waals surface area contributed by atoms with Gasteiger partial charge in [0, 0.05) is 40.7 Å². The van der Waals surface area contributed by atoms with Crippen molar-refractivity contribution in [1.29, 1.82) is 0 Å². The molecule has 8 nitrogen and oxygen atoms in total. The fraction of sp³-hybridized carbons (Fsp3) is 0.514. The summed E-state index contributed by atoms with van der Waals surface area (Å²) in [6.07, 6.45) is -0.910. The van der Waals surface area contributed by atoms with Crippen molar-refractivity contribution in [1.82, 2.24) is 0 Å². The van der Waals surface area contributed by atoms with Crippen molar-refractivity contribution in [2.75, 3.05) is 11.9 Å². The van der Waals surface area contributed by atoms with E-state index < -0.39 is 76.8 Å².